The molecule has 1 saturated heterocycles. The highest BCUT2D eigenvalue weighted by atomic mass is 35.5. The molecule has 0 aromatic heterocycles. The van der Waals surface area contributed by atoms with Crippen molar-refractivity contribution in [3.05, 3.63) is 98.9 Å². The van der Waals surface area contributed by atoms with Gasteiger partial charge in [-0.3, -0.25) is 14.5 Å². The number of ether oxygens (including phenoxy) is 2. The van der Waals surface area contributed by atoms with Crippen LogP contribution < -0.4 is 9.47 Å². The standard InChI is InChI=1S/C25H19Cl2NO4S/c26-21-11-8-18(14-22(21)27)16-28-24(29)23(33-25(28)30)15-17-6-9-20(10-7-17)32-13-12-31-19-4-2-1-3-5-19/h1-11,14-15H,12-13,16H2/b23-15-. The molecule has 5 nitrogen and oxygen atoms in total. The van der Waals surface area contributed by atoms with Gasteiger partial charge in [0.05, 0.1) is 21.5 Å². The molecule has 0 bridgehead atoms. The lowest BCUT2D eigenvalue weighted by molar-refractivity contribution is -0.123. The number of halogens is 2. The molecule has 4 rings (SSSR count). The minimum atomic E-state index is -0.338. The minimum Gasteiger partial charge on any atom is -0.490 e. The summed E-state index contributed by atoms with van der Waals surface area (Å²) in [4.78, 5) is 26.7. The van der Waals surface area contributed by atoms with Crippen molar-refractivity contribution in [3.8, 4) is 11.5 Å². The summed E-state index contributed by atoms with van der Waals surface area (Å²) >= 11 is 12.9. The Labute approximate surface area is 205 Å². The molecule has 1 heterocycles. The van der Waals surface area contributed by atoms with E-state index in [1.165, 1.54) is 4.90 Å². The maximum absolute atomic E-state index is 12.8. The summed E-state index contributed by atoms with van der Waals surface area (Å²) in [5.41, 5.74) is 1.52. The topological polar surface area (TPSA) is 55.8 Å². The zero-order valence-electron chi connectivity index (χ0n) is 17.4. The van der Waals surface area contributed by atoms with Crippen LogP contribution in [0.2, 0.25) is 10.0 Å². The first kappa shape index (κ1) is 23.2. The lowest BCUT2D eigenvalue weighted by atomic mass is 10.2. The average Bonchev–Trinajstić information content (AvgIpc) is 3.08. The van der Waals surface area contributed by atoms with Gasteiger partial charge in [0.25, 0.3) is 11.1 Å². The number of hydrogen-bond acceptors (Lipinski definition) is 5. The van der Waals surface area contributed by atoms with Crippen LogP contribution in [0.3, 0.4) is 0 Å². The Hall–Kier alpha value is -2.93. The van der Waals surface area contributed by atoms with Gasteiger partial charge in [-0.1, -0.05) is 59.6 Å². The molecule has 0 radical (unpaired) electrons. The smallest absolute Gasteiger partial charge is 0.293 e. The molecule has 3 aromatic rings. The van der Waals surface area contributed by atoms with E-state index in [1.54, 1.807) is 24.3 Å². The van der Waals surface area contributed by atoms with Crippen molar-refractivity contribution >= 4 is 52.2 Å². The minimum absolute atomic E-state index is 0.136. The van der Waals surface area contributed by atoms with Gasteiger partial charge in [0, 0.05) is 0 Å². The number of carbonyl (C=O) groups is 2. The Kier molecular flexibility index (Phi) is 7.60. The lowest BCUT2D eigenvalue weighted by Crippen LogP contribution is -2.27. The number of hydrogen-bond donors (Lipinski definition) is 0. The highest BCUT2D eigenvalue weighted by molar-refractivity contribution is 8.18. The van der Waals surface area contributed by atoms with Crippen LogP contribution in [-0.4, -0.2) is 29.3 Å². The largest absolute Gasteiger partial charge is 0.490 e. The molecule has 1 aliphatic heterocycles. The molecule has 0 aliphatic carbocycles. The molecular formula is C25H19Cl2NO4S. The van der Waals surface area contributed by atoms with Crippen LogP contribution in [0.5, 0.6) is 11.5 Å². The van der Waals surface area contributed by atoms with E-state index in [4.69, 9.17) is 32.7 Å². The van der Waals surface area contributed by atoms with E-state index in [-0.39, 0.29) is 17.7 Å². The van der Waals surface area contributed by atoms with Crippen molar-refractivity contribution in [2.45, 2.75) is 6.54 Å². The second-order valence-electron chi connectivity index (χ2n) is 7.10. The van der Waals surface area contributed by atoms with Crippen LogP contribution in [0.4, 0.5) is 4.79 Å². The molecule has 0 saturated carbocycles. The Morgan fingerprint density at radius 3 is 2.15 bits per heavy atom. The van der Waals surface area contributed by atoms with Crippen molar-refractivity contribution in [3.63, 3.8) is 0 Å². The van der Waals surface area contributed by atoms with Crippen LogP contribution in [0.15, 0.2) is 77.7 Å². The van der Waals surface area contributed by atoms with E-state index >= 15 is 0 Å². The van der Waals surface area contributed by atoms with Gasteiger partial charge in [0.2, 0.25) is 0 Å². The monoisotopic (exact) mass is 499 g/mol. The third-order valence-corrected chi connectivity index (χ3v) is 6.39. The van der Waals surface area contributed by atoms with E-state index in [9.17, 15) is 9.59 Å². The molecule has 2 amide bonds. The van der Waals surface area contributed by atoms with Crippen LogP contribution in [0.1, 0.15) is 11.1 Å². The van der Waals surface area contributed by atoms with Crippen LogP contribution in [0, 0.1) is 0 Å². The van der Waals surface area contributed by atoms with E-state index in [0.29, 0.717) is 33.9 Å². The maximum atomic E-state index is 12.8. The van der Waals surface area contributed by atoms with Crippen LogP contribution >= 0.6 is 35.0 Å². The van der Waals surface area contributed by atoms with Crippen molar-refractivity contribution in [2.75, 3.05) is 13.2 Å². The first-order valence-corrected chi connectivity index (χ1v) is 11.7. The quantitative estimate of drug-likeness (QED) is 0.255. The molecule has 168 valence electrons. The summed E-state index contributed by atoms with van der Waals surface area (Å²) < 4.78 is 11.3. The molecule has 1 fully saturated rings. The maximum Gasteiger partial charge on any atom is 0.293 e. The summed E-state index contributed by atoms with van der Waals surface area (Å²) in [5, 5.41) is 0.479. The van der Waals surface area contributed by atoms with Crippen molar-refractivity contribution in [1.29, 1.82) is 0 Å². The van der Waals surface area contributed by atoms with Gasteiger partial charge in [0.15, 0.2) is 0 Å². The number of benzene rings is 3. The number of thioether (sulfide) groups is 1. The predicted molar refractivity (Wildman–Crippen MR) is 132 cm³/mol. The molecule has 1 aliphatic rings. The second kappa shape index (κ2) is 10.8. The fourth-order valence-corrected chi connectivity index (χ4v) is 4.26. The van der Waals surface area contributed by atoms with E-state index in [2.05, 4.69) is 0 Å². The van der Waals surface area contributed by atoms with Crippen LogP contribution in [0.25, 0.3) is 6.08 Å². The first-order chi connectivity index (χ1) is 16.0. The number of carbonyl (C=O) groups excluding carboxylic acids is 2. The summed E-state index contributed by atoms with van der Waals surface area (Å²) in [6.45, 7) is 0.969. The predicted octanol–water partition coefficient (Wildman–Crippen LogP) is 6.69. The summed E-state index contributed by atoms with van der Waals surface area (Å²) in [6.07, 6.45) is 1.70. The molecule has 33 heavy (non-hydrogen) atoms. The fraction of sp³-hybridized carbons (Fsp3) is 0.120. The normalized spacial score (nSPS) is 14.7. The highest BCUT2D eigenvalue weighted by Gasteiger charge is 2.35. The van der Waals surface area contributed by atoms with Gasteiger partial charge < -0.3 is 9.47 Å². The Morgan fingerprint density at radius 2 is 1.48 bits per heavy atom. The Balaban J connectivity index is 1.33. The van der Waals surface area contributed by atoms with Crippen molar-refractivity contribution in [1.82, 2.24) is 4.90 Å². The SMILES string of the molecule is O=C1S/C(=C\c2ccc(OCCOc3ccccc3)cc2)C(=O)N1Cc1ccc(Cl)c(Cl)c1. The third kappa shape index (κ3) is 6.11. The zero-order valence-corrected chi connectivity index (χ0v) is 19.7. The molecule has 0 N–H and O–H groups in total. The van der Waals surface area contributed by atoms with E-state index in [1.807, 2.05) is 54.6 Å². The molecular weight excluding hydrogens is 481 g/mol. The number of para-hydroxylation sites is 1. The highest BCUT2D eigenvalue weighted by Crippen LogP contribution is 2.34. The fourth-order valence-electron chi connectivity index (χ4n) is 3.10. The summed E-state index contributed by atoms with van der Waals surface area (Å²) in [7, 11) is 0. The Morgan fingerprint density at radius 1 is 0.818 bits per heavy atom. The molecule has 3 aromatic carbocycles. The average molecular weight is 500 g/mol. The van der Waals surface area contributed by atoms with E-state index < -0.39 is 0 Å². The zero-order chi connectivity index (χ0) is 23.2. The number of nitrogens with zero attached hydrogens (tertiary/aromatic N) is 1. The number of imide groups is 1. The van der Waals surface area contributed by atoms with Gasteiger partial charge >= 0.3 is 0 Å². The van der Waals surface area contributed by atoms with Crippen molar-refractivity contribution < 1.29 is 19.1 Å². The van der Waals surface area contributed by atoms with E-state index in [0.717, 1.165) is 28.6 Å². The van der Waals surface area contributed by atoms with Gasteiger partial charge in [-0.25, -0.2) is 0 Å². The lowest BCUT2D eigenvalue weighted by Gasteiger charge is -2.13. The molecule has 8 heteroatoms. The molecule has 0 unspecified atom stereocenters. The molecule has 0 atom stereocenters. The number of amides is 2. The first-order valence-electron chi connectivity index (χ1n) is 10.1. The van der Waals surface area contributed by atoms with Crippen molar-refractivity contribution in [2.24, 2.45) is 0 Å². The number of rotatable bonds is 8. The summed E-state index contributed by atoms with van der Waals surface area (Å²) in [6, 6.07) is 21.9. The summed E-state index contributed by atoms with van der Waals surface area (Å²) in [5.74, 6) is 1.15. The van der Waals surface area contributed by atoms with Crippen LogP contribution in [-0.2, 0) is 11.3 Å². The Bertz CT molecular complexity index is 1180. The second-order valence-corrected chi connectivity index (χ2v) is 8.90. The van der Waals surface area contributed by atoms with Gasteiger partial charge in [-0.2, -0.15) is 0 Å². The third-order valence-electron chi connectivity index (χ3n) is 4.74. The van der Waals surface area contributed by atoms with Gasteiger partial charge in [-0.15, -0.1) is 0 Å². The molecule has 0 spiro atoms. The van der Waals surface area contributed by atoms with Gasteiger partial charge in [0.1, 0.15) is 24.7 Å². The van der Waals surface area contributed by atoms with Gasteiger partial charge in [-0.05, 0) is 65.4 Å².